The molecule has 1 aliphatic carbocycles. The lowest BCUT2D eigenvalue weighted by molar-refractivity contribution is 0.0692. The lowest BCUT2D eigenvalue weighted by Crippen LogP contribution is -2.05. The summed E-state index contributed by atoms with van der Waals surface area (Å²) in [6.07, 6.45) is 2.34. The van der Waals surface area contributed by atoms with E-state index in [1.807, 2.05) is 0 Å². The molecule has 1 aliphatic rings. The summed E-state index contributed by atoms with van der Waals surface area (Å²) in [5.74, 6) is -0.0370. The third-order valence-corrected chi connectivity index (χ3v) is 2.58. The van der Waals surface area contributed by atoms with Crippen LogP contribution >= 0.6 is 11.6 Å². The topological polar surface area (TPSA) is 46.5 Å². The van der Waals surface area contributed by atoms with E-state index in [0.29, 0.717) is 23.3 Å². The molecule has 0 saturated heterocycles. The maximum absolute atomic E-state index is 10.9. The number of halogens is 1. The molecule has 2 rings (SSSR count). The quantitative estimate of drug-likeness (QED) is 0.859. The summed E-state index contributed by atoms with van der Waals surface area (Å²) in [5, 5.41) is 9.41. The second kappa shape index (κ2) is 4.11. The Morgan fingerprint density at radius 3 is 2.87 bits per heavy atom. The smallest absolute Gasteiger partial charge is 0.339 e. The Labute approximate surface area is 92.6 Å². The van der Waals surface area contributed by atoms with Gasteiger partial charge in [0.2, 0.25) is 0 Å². The van der Waals surface area contributed by atoms with Crippen molar-refractivity contribution in [3.05, 3.63) is 28.8 Å². The van der Waals surface area contributed by atoms with Crippen LogP contribution in [0.4, 0.5) is 0 Å². The minimum atomic E-state index is -0.988. The van der Waals surface area contributed by atoms with Crippen molar-refractivity contribution < 1.29 is 14.6 Å². The highest BCUT2D eigenvalue weighted by Gasteiger charge is 2.23. The van der Waals surface area contributed by atoms with E-state index in [9.17, 15) is 4.79 Å². The number of carboxylic acids is 1. The van der Waals surface area contributed by atoms with Crippen LogP contribution in [0.2, 0.25) is 5.02 Å². The van der Waals surface area contributed by atoms with Gasteiger partial charge in [0.25, 0.3) is 0 Å². The fraction of sp³-hybridized carbons (Fsp3) is 0.364. The first-order valence-corrected chi connectivity index (χ1v) is 5.20. The third-order valence-electron chi connectivity index (χ3n) is 2.35. The van der Waals surface area contributed by atoms with Gasteiger partial charge in [0.15, 0.2) is 0 Å². The van der Waals surface area contributed by atoms with Crippen molar-refractivity contribution in [1.29, 1.82) is 0 Å². The molecule has 0 unspecified atom stereocenters. The largest absolute Gasteiger partial charge is 0.492 e. The predicted molar refractivity (Wildman–Crippen MR) is 56.6 cm³/mol. The molecular formula is C11H11ClO3. The average molecular weight is 227 g/mol. The lowest BCUT2D eigenvalue weighted by Gasteiger charge is -2.08. The number of carbonyl (C=O) groups is 1. The highest BCUT2D eigenvalue weighted by atomic mass is 35.5. The van der Waals surface area contributed by atoms with Crippen molar-refractivity contribution in [1.82, 2.24) is 0 Å². The number of carboxylic acid groups (broad SMARTS) is 1. The molecule has 0 heterocycles. The van der Waals surface area contributed by atoms with Crippen molar-refractivity contribution in [2.45, 2.75) is 12.8 Å². The molecule has 1 N–H and O–H groups in total. The van der Waals surface area contributed by atoms with Crippen molar-refractivity contribution in [3.8, 4) is 5.75 Å². The number of ether oxygens (including phenoxy) is 1. The summed E-state index contributed by atoms with van der Waals surface area (Å²) >= 11 is 5.78. The first-order chi connectivity index (χ1) is 7.16. The summed E-state index contributed by atoms with van der Waals surface area (Å²) in [6, 6.07) is 4.56. The van der Waals surface area contributed by atoms with Gasteiger partial charge >= 0.3 is 5.97 Å². The highest BCUT2D eigenvalue weighted by Crippen LogP contribution is 2.31. The molecule has 3 nitrogen and oxygen atoms in total. The molecule has 0 aromatic heterocycles. The van der Waals surface area contributed by atoms with Crippen molar-refractivity contribution >= 4 is 17.6 Å². The van der Waals surface area contributed by atoms with Gasteiger partial charge in [-0.15, -0.1) is 0 Å². The van der Waals surface area contributed by atoms with Gasteiger partial charge in [-0.1, -0.05) is 11.6 Å². The van der Waals surface area contributed by atoms with Crippen LogP contribution in [0.15, 0.2) is 18.2 Å². The minimum absolute atomic E-state index is 0.167. The number of hydrogen-bond acceptors (Lipinski definition) is 2. The molecule has 80 valence electrons. The molecule has 0 aliphatic heterocycles. The average Bonchev–Trinajstić information content (AvgIpc) is 2.97. The van der Waals surface area contributed by atoms with Crippen LogP contribution in [0.1, 0.15) is 23.2 Å². The maximum atomic E-state index is 10.9. The SMILES string of the molecule is O=C(O)c1ccc(Cl)cc1OCC1CC1. The molecule has 0 amide bonds. The fourth-order valence-electron chi connectivity index (χ4n) is 1.28. The van der Waals surface area contributed by atoms with E-state index in [2.05, 4.69) is 0 Å². The maximum Gasteiger partial charge on any atom is 0.339 e. The molecule has 1 saturated carbocycles. The van der Waals surface area contributed by atoms with Crippen LogP contribution in [0, 0.1) is 5.92 Å². The van der Waals surface area contributed by atoms with Crippen LogP contribution < -0.4 is 4.74 Å². The molecule has 1 aromatic rings. The van der Waals surface area contributed by atoms with E-state index in [1.165, 1.54) is 18.9 Å². The van der Waals surface area contributed by atoms with Crippen molar-refractivity contribution in [2.24, 2.45) is 5.92 Å². The van der Waals surface area contributed by atoms with Crippen LogP contribution in [-0.2, 0) is 0 Å². The van der Waals surface area contributed by atoms with Crippen LogP contribution in [0.25, 0.3) is 0 Å². The molecule has 0 atom stereocenters. The zero-order chi connectivity index (χ0) is 10.8. The molecule has 0 bridgehead atoms. The van der Waals surface area contributed by atoms with Gasteiger partial charge in [-0.3, -0.25) is 0 Å². The standard InChI is InChI=1S/C11H11ClO3/c12-8-3-4-9(11(13)14)10(5-8)15-6-7-1-2-7/h3-5,7H,1-2,6H2,(H,13,14). The van der Waals surface area contributed by atoms with Gasteiger partial charge < -0.3 is 9.84 Å². The Kier molecular flexibility index (Phi) is 2.82. The number of hydrogen-bond donors (Lipinski definition) is 1. The zero-order valence-corrected chi connectivity index (χ0v) is 8.83. The van der Waals surface area contributed by atoms with Gasteiger partial charge in [0, 0.05) is 5.02 Å². The van der Waals surface area contributed by atoms with Gasteiger partial charge in [-0.25, -0.2) is 4.79 Å². The summed E-state index contributed by atoms with van der Waals surface area (Å²) in [6.45, 7) is 0.584. The number of benzene rings is 1. The molecule has 1 aromatic carbocycles. The summed E-state index contributed by atoms with van der Waals surface area (Å²) in [7, 11) is 0. The van der Waals surface area contributed by atoms with E-state index in [4.69, 9.17) is 21.4 Å². The van der Waals surface area contributed by atoms with E-state index in [0.717, 1.165) is 0 Å². The summed E-state index contributed by atoms with van der Waals surface area (Å²) < 4.78 is 5.44. The molecule has 1 fully saturated rings. The van der Waals surface area contributed by atoms with E-state index in [-0.39, 0.29) is 5.56 Å². The predicted octanol–water partition coefficient (Wildman–Crippen LogP) is 2.83. The third kappa shape index (κ3) is 2.63. The van der Waals surface area contributed by atoms with Crippen LogP contribution in [0.5, 0.6) is 5.75 Å². The Morgan fingerprint density at radius 1 is 1.53 bits per heavy atom. The van der Waals surface area contributed by atoms with Crippen molar-refractivity contribution in [3.63, 3.8) is 0 Å². The molecule has 0 radical (unpaired) electrons. The molecule has 4 heteroatoms. The Hall–Kier alpha value is -1.22. The second-order valence-corrected chi connectivity index (χ2v) is 4.14. The lowest BCUT2D eigenvalue weighted by atomic mass is 10.2. The molecule has 0 spiro atoms. The van der Waals surface area contributed by atoms with Crippen molar-refractivity contribution in [2.75, 3.05) is 6.61 Å². The van der Waals surface area contributed by atoms with E-state index in [1.54, 1.807) is 12.1 Å². The molecular weight excluding hydrogens is 216 g/mol. The number of rotatable bonds is 4. The van der Waals surface area contributed by atoms with E-state index < -0.39 is 5.97 Å². The first-order valence-electron chi connectivity index (χ1n) is 4.82. The van der Waals surface area contributed by atoms with Gasteiger partial charge in [-0.2, -0.15) is 0 Å². The Bertz CT molecular complexity index is 385. The van der Waals surface area contributed by atoms with E-state index >= 15 is 0 Å². The first kappa shape index (κ1) is 10.3. The van der Waals surface area contributed by atoms with Gasteiger partial charge in [0.05, 0.1) is 6.61 Å². The van der Waals surface area contributed by atoms with Crippen LogP contribution in [-0.4, -0.2) is 17.7 Å². The zero-order valence-electron chi connectivity index (χ0n) is 8.07. The highest BCUT2D eigenvalue weighted by molar-refractivity contribution is 6.30. The summed E-state index contributed by atoms with van der Waals surface area (Å²) in [5.41, 5.74) is 0.167. The Morgan fingerprint density at radius 2 is 2.27 bits per heavy atom. The van der Waals surface area contributed by atoms with Gasteiger partial charge in [0.1, 0.15) is 11.3 Å². The number of aromatic carboxylic acids is 1. The fourth-order valence-corrected chi connectivity index (χ4v) is 1.45. The van der Waals surface area contributed by atoms with Crippen LogP contribution in [0.3, 0.4) is 0 Å². The normalized spacial score (nSPS) is 15.0. The molecule has 15 heavy (non-hydrogen) atoms. The monoisotopic (exact) mass is 226 g/mol. The minimum Gasteiger partial charge on any atom is -0.492 e. The second-order valence-electron chi connectivity index (χ2n) is 3.70. The van der Waals surface area contributed by atoms with Gasteiger partial charge in [-0.05, 0) is 37.0 Å². The Balaban J connectivity index is 2.16. The summed E-state index contributed by atoms with van der Waals surface area (Å²) in [4.78, 5) is 10.9.